The molecule has 3 aromatic heterocycles. The Bertz CT molecular complexity index is 1460. The normalized spacial score (nSPS) is 20.1. The fraction of sp³-hybridized carbons (Fsp3) is 0.320. The molecule has 1 saturated carbocycles. The zero-order valence-corrected chi connectivity index (χ0v) is 19.8. The molecule has 3 aliphatic rings. The Labute approximate surface area is 206 Å². The van der Waals surface area contributed by atoms with Gasteiger partial charge in [-0.25, -0.2) is 14.8 Å². The monoisotopic (exact) mass is 490 g/mol. The van der Waals surface area contributed by atoms with Crippen LogP contribution >= 0.6 is 0 Å². The zero-order valence-electron chi connectivity index (χ0n) is 19.8. The van der Waals surface area contributed by atoms with Gasteiger partial charge in [0.15, 0.2) is 12.0 Å². The number of nitrogens with zero attached hydrogens (tertiary/aromatic N) is 4. The minimum Gasteiger partial charge on any atom is -0.393 e. The second-order valence-corrected chi connectivity index (χ2v) is 8.87. The highest BCUT2D eigenvalue weighted by Gasteiger charge is 2.37. The summed E-state index contributed by atoms with van der Waals surface area (Å²) in [7, 11) is 0. The van der Waals surface area contributed by atoms with Crippen LogP contribution in [0.1, 0.15) is 40.6 Å². The van der Waals surface area contributed by atoms with Crippen molar-refractivity contribution in [2.45, 2.75) is 45.1 Å². The second kappa shape index (κ2) is 9.51. The van der Waals surface area contributed by atoms with Gasteiger partial charge in [-0.2, -0.15) is 0 Å². The number of fused-ring (bicyclic) bond motifs is 2. The number of rotatable bonds is 3. The maximum Gasteiger partial charge on any atom is 0.330 e. The van der Waals surface area contributed by atoms with Crippen LogP contribution in [0.2, 0.25) is 0 Å². The Hall–Kier alpha value is -4.09. The summed E-state index contributed by atoms with van der Waals surface area (Å²) >= 11 is 0. The summed E-state index contributed by atoms with van der Waals surface area (Å²) in [6.07, 6.45) is 9.54. The quantitative estimate of drug-likeness (QED) is 0.473. The lowest BCUT2D eigenvalue weighted by molar-refractivity contribution is -0.0104. The first-order valence-corrected chi connectivity index (χ1v) is 11.6. The molecule has 3 aromatic rings. The zero-order chi connectivity index (χ0) is 25.4. The van der Waals surface area contributed by atoms with E-state index in [1.807, 2.05) is 19.1 Å². The number of hydrogen-bond acceptors (Lipinski definition) is 8. The number of aliphatic hydroxyl groups excluding tert-OH is 1. The van der Waals surface area contributed by atoms with Crippen molar-refractivity contribution in [2.75, 3.05) is 16.8 Å². The Morgan fingerprint density at radius 1 is 1.06 bits per heavy atom. The number of H-pyrrole nitrogens is 1. The van der Waals surface area contributed by atoms with Gasteiger partial charge in [0.05, 0.1) is 17.9 Å². The van der Waals surface area contributed by atoms with Crippen molar-refractivity contribution in [3.05, 3.63) is 86.5 Å². The van der Waals surface area contributed by atoms with Crippen LogP contribution < -0.4 is 21.5 Å². The molecular weight excluding hydrogens is 464 g/mol. The molecule has 1 amide bonds. The predicted octanol–water partition coefficient (Wildman–Crippen LogP) is 1.94. The van der Waals surface area contributed by atoms with Crippen molar-refractivity contribution in [3.8, 4) is 0 Å². The van der Waals surface area contributed by atoms with E-state index in [1.54, 1.807) is 37.5 Å². The number of nitrogens with one attached hydrogen (secondary N) is 2. The van der Waals surface area contributed by atoms with E-state index in [9.17, 15) is 14.4 Å². The van der Waals surface area contributed by atoms with Crippen molar-refractivity contribution in [3.63, 3.8) is 0 Å². The van der Waals surface area contributed by atoms with E-state index in [1.165, 1.54) is 10.8 Å². The highest BCUT2D eigenvalue weighted by atomic mass is 16.5. The molecule has 11 heteroatoms. The van der Waals surface area contributed by atoms with Gasteiger partial charge < -0.3 is 20.1 Å². The number of amides is 1. The van der Waals surface area contributed by atoms with Crippen molar-refractivity contribution in [1.82, 2.24) is 19.5 Å². The average molecular weight is 491 g/mol. The Balaban J connectivity index is 0.000000152. The smallest absolute Gasteiger partial charge is 0.330 e. The minimum atomic E-state index is -0.569. The summed E-state index contributed by atoms with van der Waals surface area (Å²) in [6, 6.07) is 5.91. The molecule has 3 N–H and O–H groups in total. The second-order valence-electron chi connectivity index (χ2n) is 8.87. The maximum atomic E-state index is 12.4. The predicted molar refractivity (Wildman–Crippen MR) is 133 cm³/mol. The van der Waals surface area contributed by atoms with Crippen LogP contribution in [0.5, 0.6) is 0 Å². The van der Waals surface area contributed by atoms with Crippen molar-refractivity contribution in [1.29, 1.82) is 0 Å². The Morgan fingerprint density at radius 3 is 2.56 bits per heavy atom. The molecule has 2 aliphatic heterocycles. The summed E-state index contributed by atoms with van der Waals surface area (Å²) in [5.74, 6) is 1.40. The molecule has 0 bridgehead atoms. The van der Waals surface area contributed by atoms with Crippen molar-refractivity contribution >= 4 is 23.2 Å². The van der Waals surface area contributed by atoms with E-state index in [4.69, 9.17) is 9.84 Å². The maximum absolute atomic E-state index is 12.4. The van der Waals surface area contributed by atoms with Gasteiger partial charge in [-0.05, 0) is 56.5 Å². The van der Waals surface area contributed by atoms with Crippen LogP contribution in [0.15, 0.2) is 58.5 Å². The third-order valence-corrected chi connectivity index (χ3v) is 6.18. The number of carbonyl (C=O) groups is 1. The molecule has 11 nitrogen and oxygen atoms in total. The molecule has 0 spiro atoms. The largest absolute Gasteiger partial charge is 0.393 e. The Kier molecular flexibility index (Phi) is 6.25. The molecule has 6 rings (SSSR count). The average Bonchev–Trinajstić information content (AvgIpc) is 3.61. The number of aromatic amines is 1. The highest BCUT2D eigenvalue weighted by molar-refractivity contribution is 6.11. The number of hydrogen-bond donors (Lipinski definition) is 3. The molecule has 5 heterocycles. The third kappa shape index (κ3) is 4.45. The summed E-state index contributed by atoms with van der Waals surface area (Å²) in [4.78, 5) is 48.3. The van der Waals surface area contributed by atoms with Crippen LogP contribution in [0.25, 0.3) is 0 Å². The van der Waals surface area contributed by atoms with Crippen LogP contribution in [-0.2, 0) is 4.74 Å². The fourth-order valence-corrected chi connectivity index (χ4v) is 4.13. The summed E-state index contributed by atoms with van der Waals surface area (Å²) in [6.45, 7) is 3.45. The summed E-state index contributed by atoms with van der Waals surface area (Å²) in [5.41, 5.74) is 1.93. The van der Waals surface area contributed by atoms with Gasteiger partial charge in [0, 0.05) is 30.2 Å². The van der Waals surface area contributed by atoms with E-state index in [-0.39, 0.29) is 12.5 Å². The van der Waals surface area contributed by atoms with E-state index in [2.05, 4.69) is 25.2 Å². The van der Waals surface area contributed by atoms with Crippen LogP contribution in [0, 0.1) is 13.8 Å². The molecular formula is C25H26N6O5. The molecule has 0 aromatic carbocycles. The molecule has 36 heavy (non-hydrogen) atoms. The lowest BCUT2D eigenvalue weighted by atomic mass is 10.2. The van der Waals surface area contributed by atoms with Crippen LogP contribution in [0.4, 0.5) is 17.3 Å². The number of carbonyl (C=O) groups excluding carboxylic acids is 1. The third-order valence-electron chi connectivity index (χ3n) is 6.18. The molecule has 1 fully saturated rings. The van der Waals surface area contributed by atoms with Gasteiger partial charge in [0.25, 0.3) is 11.5 Å². The van der Waals surface area contributed by atoms with E-state index >= 15 is 0 Å². The van der Waals surface area contributed by atoms with Crippen LogP contribution in [0.3, 0.4) is 0 Å². The van der Waals surface area contributed by atoms with Crippen molar-refractivity contribution < 1.29 is 14.6 Å². The van der Waals surface area contributed by atoms with E-state index in [0.29, 0.717) is 23.0 Å². The van der Waals surface area contributed by atoms with Crippen LogP contribution in [-0.4, -0.2) is 49.3 Å². The number of aliphatic hydroxyl groups is 1. The van der Waals surface area contributed by atoms with E-state index in [0.717, 1.165) is 29.9 Å². The van der Waals surface area contributed by atoms with E-state index < -0.39 is 23.6 Å². The standard InChI is InChI=1S/C15H14N4O.C10H12N2O4/c1-9-6-8-17-14-12(9)18-15(20)11-3-2-7-16-13(11)19(14)10-4-5-10;1-6-4-12(10(15)11-9(6)14)8-3-2-7(5-13)16-8/h2-3,6-8,10H,4-5H2,1H3,(H,18,20);2-4,7-8,13H,5H2,1H3,(H,11,14,15)/t;7-,8+/m.0/s1. The van der Waals surface area contributed by atoms with Gasteiger partial charge in [0.1, 0.15) is 11.9 Å². The van der Waals surface area contributed by atoms with Gasteiger partial charge in [-0.15, -0.1) is 0 Å². The first kappa shape index (κ1) is 23.6. The SMILES string of the molecule is Cc1ccnc2c1NC(=O)c1cccnc1N2C1CC1.Cc1cn([C@H]2C=C[C@@H](CO)O2)c(=O)[nH]c1=O. The molecule has 2 atom stereocenters. The molecule has 0 unspecified atom stereocenters. The Morgan fingerprint density at radius 2 is 1.83 bits per heavy atom. The lowest BCUT2D eigenvalue weighted by Crippen LogP contribution is -2.33. The van der Waals surface area contributed by atoms with Gasteiger partial charge >= 0.3 is 5.69 Å². The number of aromatic nitrogens is 4. The molecule has 0 saturated heterocycles. The number of ether oxygens (including phenoxy) is 1. The number of anilines is 3. The molecule has 186 valence electrons. The molecule has 0 radical (unpaired) electrons. The first-order chi connectivity index (χ1) is 17.4. The van der Waals surface area contributed by atoms with Gasteiger partial charge in [-0.1, -0.05) is 6.08 Å². The lowest BCUT2D eigenvalue weighted by Gasteiger charge is -2.23. The number of aryl methyl sites for hydroxylation is 2. The van der Waals surface area contributed by atoms with Gasteiger partial charge in [0.2, 0.25) is 0 Å². The summed E-state index contributed by atoms with van der Waals surface area (Å²) < 4.78 is 6.63. The minimum absolute atomic E-state index is 0.117. The fourth-order valence-electron chi connectivity index (χ4n) is 4.13. The van der Waals surface area contributed by atoms with Crippen molar-refractivity contribution in [2.24, 2.45) is 0 Å². The number of pyridine rings is 2. The first-order valence-electron chi connectivity index (χ1n) is 11.6. The van der Waals surface area contributed by atoms with Gasteiger partial charge in [-0.3, -0.25) is 19.1 Å². The summed E-state index contributed by atoms with van der Waals surface area (Å²) in [5, 5.41) is 11.9. The topological polar surface area (TPSA) is 142 Å². The molecule has 1 aliphatic carbocycles. The highest BCUT2D eigenvalue weighted by Crippen LogP contribution is 2.43.